The topological polar surface area (TPSA) is 28.4 Å². The smallest absolute Gasteiger partial charge is 0.122 e. The first kappa shape index (κ1) is 13.5. The zero-order valence-corrected chi connectivity index (χ0v) is 12.7. The highest BCUT2D eigenvalue weighted by Crippen LogP contribution is 2.26. The molecule has 0 aromatic carbocycles. The fraction of sp³-hybridized carbons (Fsp3) is 0.733. The van der Waals surface area contributed by atoms with Crippen LogP contribution < -0.4 is 5.32 Å². The quantitative estimate of drug-likeness (QED) is 0.898. The summed E-state index contributed by atoms with van der Waals surface area (Å²) in [7, 11) is 0. The average Bonchev–Trinajstić information content (AvgIpc) is 3.07. The van der Waals surface area contributed by atoms with Gasteiger partial charge in [-0.05, 0) is 18.9 Å². The molecule has 1 N–H and O–H groups in total. The summed E-state index contributed by atoms with van der Waals surface area (Å²) in [5.41, 5.74) is 1.34. The lowest BCUT2D eigenvalue weighted by Crippen LogP contribution is -2.39. The molecule has 2 fully saturated rings. The van der Waals surface area contributed by atoms with Crippen LogP contribution in [0.5, 0.6) is 0 Å². The Bertz CT molecular complexity index is 406. The van der Waals surface area contributed by atoms with E-state index in [-0.39, 0.29) is 0 Å². The highest BCUT2D eigenvalue weighted by atomic mass is 32.2. The minimum Gasteiger partial charge on any atom is -0.468 e. The molecule has 0 bridgehead atoms. The van der Waals surface area contributed by atoms with Gasteiger partial charge < -0.3 is 9.73 Å². The minimum atomic E-state index is 0.728. The van der Waals surface area contributed by atoms with Gasteiger partial charge >= 0.3 is 0 Å². The summed E-state index contributed by atoms with van der Waals surface area (Å²) >= 11 is 2.10. The van der Waals surface area contributed by atoms with Gasteiger partial charge in [-0.1, -0.05) is 13.8 Å². The van der Waals surface area contributed by atoms with Crippen molar-refractivity contribution in [3.63, 3.8) is 0 Å². The van der Waals surface area contributed by atoms with Crippen molar-refractivity contribution in [3.8, 4) is 0 Å². The third kappa shape index (κ3) is 3.77. The van der Waals surface area contributed by atoms with Gasteiger partial charge in [-0.3, -0.25) is 4.90 Å². The molecule has 2 aliphatic rings. The Morgan fingerprint density at radius 1 is 1.32 bits per heavy atom. The summed E-state index contributed by atoms with van der Waals surface area (Å²) in [6.07, 6.45) is 4.52. The molecular weight excluding hydrogens is 256 g/mol. The van der Waals surface area contributed by atoms with Gasteiger partial charge in [0.1, 0.15) is 5.76 Å². The van der Waals surface area contributed by atoms with Crippen molar-refractivity contribution >= 4 is 11.8 Å². The minimum absolute atomic E-state index is 0.728. The van der Waals surface area contributed by atoms with Crippen LogP contribution in [0.3, 0.4) is 0 Å². The molecule has 1 aromatic heterocycles. The molecule has 1 saturated carbocycles. The summed E-state index contributed by atoms with van der Waals surface area (Å²) in [5.74, 6) is 1.15. The van der Waals surface area contributed by atoms with Crippen molar-refractivity contribution in [1.82, 2.24) is 10.2 Å². The first-order valence-electron chi connectivity index (χ1n) is 7.37. The summed E-state index contributed by atoms with van der Waals surface area (Å²) in [4.78, 5) is 2.53. The van der Waals surface area contributed by atoms with E-state index in [2.05, 4.69) is 41.9 Å². The van der Waals surface area contributed by atoms with Crippen LogP contribution in [0.15, 0.2) is 16.7 Å². The molecule has 106 valence electrons. The number of nitrogens with zero attached hydrogens (tertiary/aromatic N) is 1. The number of hydrogen-bond donors (Lipinski definition) is 1. The van der Waals surface area contributed by atoms with Crippen LogP contribution in [0.25, 0.3) is 0 Å². The molecule has 19 heavy (non-hydrogen) atoms. The first-order valence-corrected chi connectivity index (χ1v) is 8.31. The Kier molecular flexibility index (Phi) is 4.20. The van der Waals surface area contributed by atoms with Gasteiger partial charge in [0.15, 0.2) is 0 Å². The molecule has 0 amide bonds. The van der Waals surface area contributed by atoms with Crippen molar-refractivity contribution in [3.05, 3.63) is 23.7 Å². The molecule has 0 spiro atoms. The molecule has 1 aliphatic carbocycles. The molecule has 0 radical (unpaired) electrons. The molecule has 3 nitrogen and oxygen atoms in total. The number of hydrogen-bond acceptors (Lipinski definition) is 4. The molecule has 1 aliphatic heterocycles. The van der Waals surface area contributed by atoms with E-state index >= 15 is 0 Å². The van der Waals surface area contributed by atoms with Crippen LogP contribution in [0.2, 0.25) is 0 Å². The number of rotatable bonds is 5. The van der Waals surface area contributed by atoms with Gasteiger partial charge in [-0.25, -0.2) is 0 Å². The number of nitrogens with one attached hydrogen (secondary N) is 1. The van der Waals surface area contributed by atoms with Crippen LogP contribution in [-0.2, 0) is 13.1 Å². The van der Waals surface area contributed by atoms with E-state index in [0.717, 1.165) is 35.4 Å². The fourth-order valence-corrected chi connectivity index (χ4v) is 4.21. The van der Waals surface area contributed by atoms with Crippen LogP contribution in [0.1, 0.15) is 38.0 Å². The van der Waals surface area contributed by atoms with E-state index in [4.69, 9.17) is 4.42 Å². The molecular formula is C15H24N2OS. The Balaban J connectivity index is 1.57. The van der Waals surface area contributed by atoms with Gasteiger partial charge in [0, 0.05) is 41.7 Å². The predicted molar refractivity (Wildman–Crippen MR) is 80.4 cm³/mol. The van der Waals surface area contributed by atoms with Crippen molar-refractivity contribution < 1.29 is 4.42 Å². The second kappa shape index (κ2) is 5.90. The lowest BCUT2D eigenvalue weighted by molar-refractivity contribution is 0.240. The van der Waals surface area contributed by atoms with Crippen molar-refractivity contribution in [1.29, 1.82) is 0 Å². The molecule has 3 rings (SSSR count). The normalized spacial score (nSPS) is 28.7. The largest absolute Gasteiger partial charge is 0.468 e. The lowest BCUT2D eigenvalue weighted by atomic mass is 10.2. The zero-order chi connectivity index (χ0) is 13.2. The van der Waals surface area contributed by atoms with Crippen molar-refractivity contribution in [2.75, 3.05) is 13.1 Å². The second-order valence-electron chi connectivity index (χ2n) is 5.98. The van der Waals surface area contributed by atoms with Crippen LogP contribution in [0.4, 0.5) is 0 Å². The average molecular weight is 280 g/mol. The first-order chi connectivity index (χ1) is 9.20. The molecule has 1 aromatic rings. The summed E-state index contributed by atoms with van der Waals surface area (Å²) < 4.78 is 5.70. The highest BCUT2D eigenvalue weighted by molar-refractivity contribution is 8.00. The monoisotopic (exact) mass is 280 g/mol. The third-order valence-corrected chi connectivity index (χ3v) is 5.09. The Morgan fingerprint density at radius 3 is 2.74 bits per heavy atom. The van der Waals surface area contributed by atoms with Crippen molar-refractivity contribution in [2.45, 2.75) is 56.3 Å². The Hall–Kier alpha value is -0.450. The highest BCUT2D eigenvalue weighted by Gasteiger charge is 2.24. The fourth-order valence-electron chi connectivity index (χ4n) is 2.82. The standard InChI is InChI=1S/C15H24N2OS/c1-11-8-17(9-12(2)19-11)10-15-13(5-6-18-15)7-16-14-3-4-14/h5-6,11-12,14,16H,3-4,7-10H2,1-2H3. The van der Waals surface area contributed by atoms with Gasteiger partial charge in [-0.15, -0.1) is 0 Å². The maximum absolute atomic E-state index is 5.70. The molecule has 2 heterocycles. The Morgan fingerprint density at radius 2 is 2.05 bits per heavy atom. The molecule has 2 atom stereocenters. The predicted octanol–water partition coefficient (Wildman–Crippen LogP) is 2.86. The van der Waals surface area contributed by atoms with E-state index in [9.17, 15) is 0 Å². The van der Waals surface area contributed by atoms with Crippen LogP contribution in [0, 0.1) is 0 Å². The third-order valence-electron chi connectivity index (χ3n) is 3.86. The van der Waals surface area contributed by atoms with Gasteiger partial charge in [0.25, 0.3) is 0 Å². The van der Waals surface area contributed by atoms with E-state index in [1.807, 2.05) is 6.26 Å². The summed E-state index contributed by atoms with van der Waals surface area (Å²) in [6, 6.07) is 2.88. The van der Waals surface area contributed by atoms with Crippen LogP contribution in [-0.4, -0.2) is 34.5 Å². The SMILES string of the molecule is CC1CN(Cc2occc2CNC2CC2)CC(C)S1. The van der Waals surface area contributed by atoms with Crippen LogP contribution >= 0.6 is 11.8 Å². The molecule has 2 unspecified atom stereocenters. The molecule has 1 saturated heterocycles. The van der Waals surface area contributed by atoms with Gasteiger partial charge in [0.2, 0.25) is 0 Å². The zero-order valence-electron chi connectivity index (χ0n) is 11.9. The molecule has 4 heteroatoms. The van der Waals surface area contributed by atoms with E-state index in [1.165, 1.54) is 31.5 Å². The van der Waals surface area contributed by atoms with E-state index in [0.29, 0.717) is 0 Å². The number of furan rings is 1. The van der Waals surface area contributed by atoms with Gasteiger partial charge in [-0.2, -0.15) is 11.8 Å². The maximum Gasteiger partial charge on any atom is 0.122 e. The lowest BCUT2D eigenvalue weighted by Gasteiger charge is -2.34. The van der Waals surface area contributed by atoms with Crippen molar-refractivity contribution in [2.24, 2.45) is 0 Å². The summed E-state index contributed by atoms with van der Waals surface area (Å²) in [5, 5.41) is 5.03. The van der Waals surface area contributed by atoms with E-state index in [1.54, 1.807) is 0 Å². The maximum atomic E-state index is 5.70. The van der Waals surface area contributed by atoms with E-state index < -0.39 is 0 Å². The van der Waals surface area contributed by atoms with Gasteiger partial charge in [0.05, 0.1) is 12.8 Å². The summed E-state index contributed by atoms with van der Waals surface area (Å²) in [6.45, 7) is 8.92. The number of thioether (sulfide) groups is 1. The Labute approximate surface area is 120 Å². The second-order valence-corrected chi connectivity index (χ2v) is 7.86.